The van der Waals surface area contributed by atoms with Crippen LogP contribution in [0.4, 0.5) is 22.0 Å². The smallest absolute Gasteiger partial charge is 0.383 e. The minimum Gasteiger partial charge on any atom is -0.383 e. The van der Waals surface area contributed by atoms with Gasteiger partial charge in [-0.25, -0.2) is 0 Å². The molecule has 2 saturated heterocycles. The fourth-order valence-electron chi connectivity index (χ4n) is 8.34. The topological polar surface area (TPSA) is 51.2 Å². The number of aliphatic hydroxyl groups is 1. The van der Waals surface area contributed by atoms with E-state index < -0.39 is 52.4 Å². The maximum absolute atomic E-state index is 14.6. The number of epoxide rings is 1. The molecule has 2 unspecified atom stereocenters. The molecule has 4 aliphatic carbocycles. The minimum atomic E-state index is -5.80. The van der Waals surface area contributed by atoms with Gasteiger partial charge in [0, 0.05) is 23.7 Å². The average Bonchev–Trinajstić information content (AvgIpc) is 3.35. The Morgan fingerprint density at radius 2 is 1.62 bits per heavy atom. The van der Waals surface area contributed by atoms with Gasteiger partial charge in [-0.1, -0.05) is 26.8 Å². The van der Waals surface area contributed by atoms with Crippen molar-refractivity contribution in [3.05, 3.63) is 11.6 Å². The van der Waals surface area contributed by atoms with E-state index in [-0.39, 0.29) is 24.2 Å². The van der Waals surface area contributed by atoms with Gasteiger partial charge in [0.05, 0.1) is 13.2 Å². The van der Waals surface area contributed by atoms with E-state index in [1.807, 2.05) is 6.08 Å². The number of rotatable bonds is 1. The average molecular weight is 493 g/mol. The number of alkyl halides is 5. The molecule has 1 spiro atoms. The molecule has 1 N–H and O–H groups in total. The van der Waals surface area contributed by atoms with Crippen molar-refractivity contribution in [1.29, 1.82) is 0 Å². The van der Waals surface area contributed by atoms with Crippen molar-refractivity contribution in [3.63, 3.8) is 0 Å². The molecular weight excluding hydrogens is 459 g/mol. The number of hydrogen-bond donors (Lipinski definition) is 1. The van der Waals surface area contributed by atoms with Crippen LogP contribution in [0.25, 0.3) is 0 Å². The maximum atomic E-state index is 14.6. The Balaban J connectivity index is 1.29. The third-order valence-electron chi connectivity index (χ3n) is 10.3. The molecule has 0 aromatic rings. The first-order chi connectivity index (χ1) is 15.6. The summed E-state index contributed by atoms with van der Waals surface area (Å²) in [5.41, 5.74) is -4.60. The van der Waals surface area contributed by atoms with Crippen molar-refractivity contribution in [2.24, 2.45) is 22.7 Å². The highest BCUT2D eigenvalue weighted by Crippen LogP contribution is 2.75. The van der Waals surface area contributed by atoms with Gasteiger partial charge < -0.3 is 19.3 Å². The Labute approximate surface area is 196 Å². The first kappa shape index (κ1) is 23.6. The summed E-state index contributed by atoms with van der Waals surface area (Å²) in [6.07, 6.45) is -1.11. The molecular formula is C25H33F5O4. The van der Waals surface area contributed by atoms with E-state index in [9.17, 15) is 27.1 Å². The molecule has 0 amide bonds. The van der Waals surface area contributed by atoms with Crippen molar-refractivity contribution in [3.8, 4) is 0 Å². The maximum Gasteiger partial charge on any atom is 0.456 e. The highest BCUT2D eigenvalue weighted by Gasteiger charge is 2.82. The fraction of sp³-hybridized carbons (Fsp3) is 0.920. The summed E-state index contributed by atoms with van der Waals surface area (Å²) in [5, 5.41) is 10.9. The molecule has 6 atom stereocenters. The second-order valence-corrected chi connectivity index (χ2v) is 12.8. The van der Waals surface area contributed by atoms with Crippen LogP contribution in [-0.2, 0) is 14.2 Å². The highest BCUT2D eigenvalue weighted by atomic mass is 19.4. The Bertz CT molecular complexity index is 936. The van der Waals surface area contributed by atoms with Crippen LogP contribution >= 0.6 is 0 Å². The molecule has 0 aromatic carbocycles. The van der Waals surface area contributed by atoms with Crippen molar-refractivity contribution in [2.45, 2.75) is 107 Å². The van der Waals surface area contributed by atoms with Crippen LogP contribution in [0.1, 0.15) is 72.1 Å². The number of fused-ring (bicyclic) bond motifs is 3. The van der Waals surface area contributed by atoms with Crippen molar-refractivity contribution in [1.82, 2.24) is 0 Å². The molecule has 2 heterocycles. The van der Waals surface area contributed by atoms with Gasteiger partial charge in [0.25, 0.3) is 0 Å². The number of allylic oxidation sites excluding steroid dienone is 1. The Morgan fingerprint density at radius 3 is 2.26 bits per heavy atom. The molecule has 6 rings (SSSR count). The van der Waals surface area contributed by atoms with E-state index in [0.29, 0.717) is 45.3 Å². The summed E-state index contributed by atoms with van der Waals surface area (Å²) in [5.74, 6) is -6.44. The van der Waals surface area contributed by atoms with Crippen LogP contribution in [0.15, 0.2) is 11.6 Å². The van der Waals surface area contributed by atoms with E-state index >= 15 is 0 Å². The van der Waals surface area contributed by atoms with Crippen molar-refractivity contribution < 1.29 is 41.3 Å². The van der Waals surface area contributed by atoms with Gasteiger partial charge in [0.2, 0.25) is 0 Å². The molecule has 3 saturated carbocycles. The third kappa shape index (κ3) is 2.63. The summed E-state index contributed by atoms with van der Waals surface area (Å²) >= 11 is 0. The lowest BCUT2D eigenvalue weighted by Crippen LogP contribution is -2.65. The van der Waals surface area contributed by atoms with Crippen molar-refractivity contribution in [2.75, 3.05) is 13.2 Å². The van der Waals surface area contributed by atoms with Gasteiger partial charge in [0.1, 0.15) is 16.8 Å². The Hall–Kier alpha value is -0.770. The zero-order chi connectivity index (χ0) is 24.6. The lowest BCUT2D eigenvalue weighted by Gasteiger charge is -2.54. The van der Waals surface area contributed by atoms with Gasteiger partial charge >= 0.3 is 12.1 Å². The van der Waals surface area contributed by atoms with Crippen LogP contribution < -0.4 is 0 Å². The van der Waals surface area contributed by atoms with Gasteiger partial charge in [-0.05, 0) is 55.9 Å². The van der Waals surface area contributed by atoms with Gasteiger partial charge in [0.15, 0.2) is 5.79 Å². The van der Waals surface area contributed by atoms with Crippen LogP contribution in [0, 0.1) is 22.7 Å². The SMILES string of the molecule is CC1(C)COC2(CC[C@]34O[C@]3(CCC3C4=CC[C@@]4(C)C3CC[C@@]4(O)C(F)(F)C(F)(F)F)C2)OC1. The summed E-state index contributed by atoms with van der Waals surface area (Å²) in [6, 6.07) is 0. The molecule has 192 valence electrons. The monoisotopic (exact) mass is 492 g/mol. The van der Waals surface area contributed by atoms with E-state index in [2.05, 4.69) is 13.8 Å². The summed E-state index contributed by atoms with van der Waals surface area (Å²) in [7, 11) is 0. The summed E-state index contributed by atoms with van der Waals surface area (Å²) < 4.78 is 88.2. The van der Waals surface area contributed by atoms with Crippen LogP contribution in [0.5, 0.6) is 0 Å². The van der Waals surface area contributed by atoms with E-state index in [1.165, 1.54) is 6.92 Å². The number of halogens is 5. The van der Waals surface area contributed by atoms with Crippen LogP contribution in [0.2, 0.25) is 0 Å². The highest BCUT2D eigenvalue weighted by molar-refractivity contribution is 5.44. The van der Waals surface area contributed by atoms with Gasteiger partial charge in [-0.2, -0.15) is 22.0 Å². The summed E-state index contributed by atoms with van der Waals surface area (Å²) in [4.78, 5) is 0. The normalized spacial score (nSPS) is 48.9. The van der Waals surface area contributed by atoms with Gasteiger partial charge in [-0.3, -0.25) is 0 Å². The van der Waals surface area contributed by atoms with E-state index in [1.54, 1.807) is 0 Å². The zero-order valence-electron chi connectivity index (χ0n) is 19.9. The molecule has 0 radical (unpaired) electrons. The van der Waals surface area contributed by atoms with Crippen LogP contribution in [0.3, 0.4) is 0 Å². The predicted octanol–water partition coefficient (Wildman–Crippen LogP) is 5.53. The summed E-state index contributed by atoms with van der Waals surface area (Å²) in [6.45, 7) is 6.83. The second kappa shape index (κ2) is 6.37. The fourth-order valence-corrected chi connectivity index (χ4v) is 8.34. The number of ether oxygens (including phenoxy) is 3. The van der Waals surface area contributed by atoms with Crippen molar-refractivity contribution >= 4 is 0 Å². The zero-order valence-corrected chi connectivity index (χ0v) is 19.9. The minimum absolute atomic E-state index is 0.0147. The molecule has 6 aliphatic rings. The quantitative estimate of drug-likeness (QED) is 0.297. The standard InChI is InChI=1S/C25H33F5O4/c1-18(2)13-32-21(33-14-18)10-11-22-17-5-7-19(3)16(15(17)4-8-20(22,12-21)34-22)6-9-23(19,31)24(26,27)25(28,29)30/h5,15-16,31H,4,6-14H2,1-3H3/t15?,16?,19-,20+,22+,23-/m0/s1. The first-order valence-corrected chi connectivity index (χ1v) is 12.4. The lowest BCUT2D eigenvalue weighted by atomic mass is 9.52. The second-order valence-electron chi connectivity index (χ2n) is 12.8. The van der Waals surface area contributed by atoms with E-state index in [0.717, 1.165) is 5.57 Å². The predicted molar refractivity (Wildman–Crippen MR) is 111 cm³/mol. The lowest BCUT2D eigenvalue weighted by molar-refractivity contribution is -0.361. The van der Waals surface area contributed by atoms with Gasteiger partial charge in [-0.15, -0.1) is 0 Å². The third-order valence-corrected chi connectivity index (χ3v) is 10.3. The molecule has 2 aliphatic heterocycles. The van der Waals surface area contributed by atoms with Crippen LogP contribution in [-0.4, -0.2) is 53.0 Å². The first-order valence-electron chi connectivity index (χ1n) is 12.4. The number of hydrogen-bond acceptors (Lipinski definition) is 4. The molecule has 0 aromatic heterocycles. The molecule has 9 heteroatoms. The Morgan fingerprint density at radius 1 is 0.941 bits per heavy atom. The molecule has 5 fully saturated rings. The molecule has 0 bridgehead atoms. The van der Waals surface area contributed by atoms with E-state index in [4.69, 9.17) is 14.2 Å². The molecule has 4 nitrogen and oxygen atoms in total. The Kier molecular flexibility index (Phi) is 4.43. The molecule has 34 heavy (non-hydrogen) atoms. The largest absolute Gasteiger partial charge is 0.456 e.